The van der Waals surface area contributed by atoms with Crippen molar-refractivity contribution in [3.8, 4) is 0 Å². The van der Waals surface area contributed by atoms with Crippen molar-refractivity contribution in [3.05, 3.63) is 59.2 Å². The molecule has 0 amide bonds. The number of allylic oxidation sites excluding steroid dienone is 2. The number of ether oxygens (including phenoxy) is 1. The third kappa shape index (κ3) is 17.1. The highest BCUT2D eigenvalue weighted by Gasteiger charge is 2.42. The van der Waals surface area contributed by atoms with Gasteiger partial charge in [0.05, 0.1) is 24.4 Å². The lowest BCUT2D eigenvalue weighted by molar-refractivity contribution is -0.143. The number of aliphatic hydroxyl groups excluding tert-OH is 2. The molecule has 55 heavy (non-hydrogen) atoms. The Bertz CT molecular complexity index is 1270. The van der Waals surface area contributed by atoms with E-state index in [1.165, 1.54) is 89.9 Å². The summed E-state index contributed by atoms with van der Waals surface area (Å²) in [5.41, 5.74) is 2.43. The molecule has 2 saturated carbocycles. The van der Waals surface area contributed by atoms with Gasteiger partial charge >= 0.3 is 11.9 Å². The van der Waals surface area contributed by atoms with Crippen molar-refractivity contribution >= 4 is 23.5 Å². The van der Waals surface area contributed by atoms with Crippen LogP contribution in [-0.2, 0) is 22.4 Å². The van der Waals surface area contributed by atoms with E-state index in [2.05, 4.69) is 44.2 Å². The monoisotopic (exact) mass is 785 g/mol. The third-order valence-corrected chi connectivity index (χ3v) is 13.3. The first-order valence-corrected chi connectivity index (χ1v) is 23.0. The van der Waals surface area contributed by atoms with Gasteiger partial charge in [-0.3, -0.25) is 4.79 Å². The van der Waals surface area contributed by atoms with Crippen LogP contribution in [0.4, 0.5) is 0 Å². The zero-order chi connectivity index (χ0) is 39.7. The lowest BCUT2D eigenvalue weighted by atomic mass is 9.63. The Hall–Kier alpha value is -2.15. The van der Waals surface area contributed by atoms with Crippen LogP contribution in [0.25, 0.3) is 0 Å². The van der Waals surface area contributed by atoms with Crippen molar-refractivity contribution in [2.45, 2.75) is 205 Å². The van der Waals surface area contributed by atoms with E-state index in [1.54, 1.807) is 6.07 Å². The number of halogens is 1. The summed E-state index contributed by atoms with van der Waals surface area (Å²) in [5.74, 6) is -0.997. The van der Waals surface area contributed by atoms with Crippen molar-refractivity contribution in [1.82, 2.24) is 0 Å². The first-order valence-electron chi connectivity index (χ1n) is 22.5. The van der Waals surface area contributed by atoms with Crippen LogP contribution in [0.5, 0.6) is 0 Å². The number of hydrogen-bond acceptors (Lipinski definition) is 5. The van der Waals surface area contributed by atoms with Gasteiger partial charge in [-0.1, -0.05) is 140 Å². The van der Waals surface area contributed by atoms with Gasteiger partial charge in [0.25, 0.3) is 0 Å². The van der Waals surface area contributed by atoms with E-state index in [0.29, 0.717) is 44.1 Å². The molecule has 0 heterocycles. The molecule has 7 heteroatoms. The highest BCUT2D eigenvalue weighted by molar-refractivity contribution is 6.21. The Balaban J connectivity index is 1.28. The van der Waals surface area contributed by atoms with E-state index >= 15 is 0 Å². The van der Waals surface area contributed by atoms with E-state index in [0.717, 1.165) is 56.1 Å². The summed E-state index contributed by atoms with van der Waals surface area (Å²) in [6.07, 6.45) is 36.2. The zero-order valence-electron chi connectivity index (χ0n) is 34.7. The summed E-state index contributed by atoms with van der Waals surface area (Å²) in [6.45, 7) is 4.72. The summed E-state index contributed by atoms with van der Waals surface area (Å²) < 4.78 is 5.53. The lowest BCUT2D eigenvalue weighted by Crippen LogP contribution is -2.40. The van der Waals surface area contributed by atoms with Crippen LogP contribution in [0.3, 0.4) is 0 Å². The summed E-state index contributed by atoms with van der Waals surface area (Å²) in [4.78, 5) is 24.5. The SMILES string of the molecule is CCCCCCCCCCCCCCCCc1cccc(C(=O)O)c1CCCOC(=O)CCCC=CC[C@@H]1[C@@H](C=CC[C@H](O)C2(CC)CCC2)[C@H](O)C[C@H]1Cl. The Morgan fingerprint density at radius 2 is 1.53 bits per heavy atom. The minimum atomic E-state index is -0.899. The number of benzene rings is 1. The maximum atomic E-state index is 12.5. The predicted octanol–water partition coefficient (Wildman–Crippen LogP) is 12.5. The number of esters is 1. The number of alkyl halides is 1. The summed E-state index contributed by atoms with van der Waals surface area (Å²) in [5, 5.41) is 31.2. The van der Waals surface area contributed by atoms with Crippen molar-refractivity contribution in [3.63, 3.8) is 0 Å². The van der Waals surface area contributed by atoms with E-state index in [4.69, 9.17) is 16.3 Å². The second kappa shape index (κ2) is 27.5. The van der Waals surface area contributed by atoms with Crippen LogP contribution in [-0.4, -0.2) is 51.5 Å². The van der Waals surface area contributed by atoms with Gasteiger partial charge in [-0.15, -0.1) is 11.6 Å². The average molecular weight is 786 g/mol. The van der Waals surface area contributed by atoms with Crippen LogP contribution in [0.1, 0.15) is 196 Å². The van der Waals surface area contributed by atoms with Gasteiger partial charge in [-0.05, 0) is 106 Å². The highest BCUT2D eigenvalue weighted by Crippen LogP contribution is 2.48. The lowest BCUT2D eigenvalue weighted by Gasteiger charge is -2.45. The minimum absolute atomic E-state index is 0.0177. The zero-order valence-corrected chi connectivity index (χ0v) is 35.4. The number of carbonyl (C=O) groups excluding carboxylic acids is 1. The van der Waals surface area contributed by atoms with Crippen molar-refractivity contribution in [2.75, 3.05) is 6.61 Å². The molecule has 6 nitrogen and oxygen atoms in total. The first kappa shape index (κ1) is 47.2. The van der Waals surface area contributed by atoms with Crippen LogP contribution >= 0.6 is 11.6 Å². The number of hydrogen-bond donors (Lipinski definition) is 3. The smallest absolute Gasteiger partial charge is 0.335 e. The number of carbonyl (C=O) groups is 2. The highest BCUT2D eigenvalue weighted by atomic mass is 35.5. The predicted molar refractivity (Wildman–Crippen MR) is 228 cm³/mol. The van der Waals surface area contributed by atoms with Crippen molar-refractivity contribution in [2.24, 2.45) is 17.3 Å². The normalized spacial score (nSPS) is 21.3. The van der Waals surface area contributed by atoms with Crippen molar-refractivity contribution in [1.29, 1.82) is 0 Å². The molecule has 0 aliphatic heterocycles. The summed E-state index contributed by atoms with van der Waals surface area (Å²) in [7, 11) is 0. The largest absolute Gasteiger partial charge is 0.478 e. The van der Waals surface area contributed by atoms with Crippen LogP contribution < -0.4 is 0 Å². The maximum Gasteiger partial charge on any atom is 0.335 e. The summed E-state index contributed by atoms with van der Waals surface area (Å²) >= 11 is 6.65. The number of aromatic carboxylic acids is 1. The Morgan fingerprint density at radius 3 is 2.13 bits per heavy atom. The maximum absolute atomic E-state index is 12.5. The number of rotatable bonds is 31. The standard InChI is InChI=1S/C48H77ClO6/c1-3-5-6-7-8-9-10-11-12-13-14-15-16-19-26-38-27-22-30-42(47(53)54)39(38)31-24-36-55-46(52)33-21-18-17-20-28-40-41(44(50)37-43(40)49)29-23-32-45(51)48(4-2)34-25-35-48/h17,20,22-23,27,29-30,40-41,43-45,50-51H,3-16,18-19,21,24-26,28,31-37H2,1-2H3,(H,53,54)/t40-,41-,43-,44-,45+/m1/s1. The molecule has 2 fully saturated rings. The molecule has 5 atom stereocenters. The molecule has 0 unspecified atom stereocenters. The van der Waals surface area contributed by atoms with E-state index < -0.39 is 12.1 Å². The van der Waals surface area contributed by atoms with Crippen LogP contribution in [0.15, 0.2) is 42.5 Å². The minimum Gasteiger partial charge on any atom is -0.478 e. The second-order valence-corrected chi connectivity index (χ2v) is 17.4. The fourth-order valence-corrected chi connectivity index (χ4v) is 9.40. The molecule has 0 saturated heterocycles. The van der Waals surface area contributed by atoms with E-state index in [9.17, 15) is 24.9 Å². The van der Waals surface area contributed by atoms with Crippen LogP contribution in [0.2, 0.25) is 0 Å². The number of carboxylic acids is 1. The van der Waals surface area contributed by atoms with Gasteiger partial charge < -0.3 is 20.1 Å². The quantitative estimate of drug-likeness (QED) is 0.0300. The topological polar surface area (TPSA) is 104 Å². The Labute approximate surface area is 339 Å². The average Bonchev–Trinajstić information content (AvgIpc) is 3.42. The molecular formula is C48H77ClO6. The van der Waals surface area contributed by atoms with Gasteiger partial charge in [0.2, 0.25) is 0 Å². The molecule has 0 spiro atoms. The molecule has 0 aromatic heterocycles. The number of unbranched alkanes of at least 4 members (excludes halogenated alkanes) is 14. The molecule has 3 N–H and O–H groups in total. The molecule has 2 aliphatic rings. The molecular weight excluding hydrogens is 708 g/mol. The fraction of sp³-hybridized carbons (Fsp3) is 0.750. The number of carboxylic acid groups (broad SMARTS) is 1. The molecule has 0 radical (unpaired) electrons. The number of aliphatic hydroxyl groups is 2. The number of aryl methyl sites for hydroxylation is 1. The van der Waals surface area contributed by atoms with Gasteiger partial charge in [0.1, 0.15) is 0 Å². The van der Waals surface area contributed by atoms with E-state index in [1.807, 2.05) is 6.07 Å². The van der Waals surface area contributed by atoms with Gasteiger partial charge in [0.15, 0.2) is 0 Å². The summed E-state index contributed by atoms with van der Waals surface area (Å²) in [6, 6.07) is 5.60. The molecule has 3 rings (SSSR count). The van der Waals surface area contributed by atoms with Crippen molar-refractivity contribution < 1.29 is 29.6 Å². The third-order valence-electron chi connectivity index (χ3n) is 12.8. The molecule has 1 aromatic carbocycles. The molecule has 0 bridgehead atoms. The molecule has 312 valence electrons. The van der Waals surface area contributed by atoms with Gasteiger partial charge in [-0.2, -0.15) is 0 Å². The Kier molecular flexibility index (Phi) is 23.6. The first-order chi connectivity index (χ1) is 26.7. The van der Waals surface area contributed by atoms with Crippen LogP contribution in [0, 0.1) is 17.3 Å². The van der Waals surface area contributed by atoms with E-state index in [-0.39, 0.29) is 41.3 Å². The second-order valence-electron chi connectivity index (χ2n) is 16.8. The fourth-order valence-electron chi connectivity index (χ4n) is 8.95. The molecule has 1 aromatic rings. The Morgan fingerprint density at radius 1 is 0.873 bits per heavy atom. The van der Waals surface area contributed by atoms with Gasteiger partial charge in [-0.25, -0.2) is 4.79 Å². The molecule has 2 aliphatic carbocycles. The van der Waals surface area contributed by atoms with Gasteiger partial charge in [0, 0.05) is 17.7 Å².